The van der Waals surface area contributed by atoms with Crippen molar-refractivity contribution < 1.29 is 17.9 Å². The third-order valence-corrected chi connectivity index (χ3v) is 5.29. The van der Waals surface area contributed by atoms with Gasteiger partial charge >= 0.3 is 0 Å². The molecule has 140 valence electrons. The number of anilines is 2. The maximum Gasteiger partial charge on any atom is 0.248 e. The van der Waals surface area contributed by atoms with Crippen LogP contribution in [-0.4, -0.2) is 33.7 Å². The highest BCUT2D eigenvalue weighted by molar-refractivity contribution is 7.92. The van der Waals surface area contributed by atoms with E-state index in [1.54, 1.807) is 31.2 Å². The minimum atomic E-state index is -3.68. The molecule has 2 aromatic carbocycles. The summed E-state index contributed by atoms with van der Waals surface area (Å²) in [6, 6.07) is 11.4. The Labute approximate surface area is 154 Å². The van der Waals surface area contributed by atoms with Crippen molar-refractivity contribution in [2.75, 3.05) is 23.0 Å². The van der Waals surface area contributed by atoms with Crippen LogP contribution in [0.15, 0.2) is 42.5 Å². The lowest BCUT2D eigenvalue weighted by atomic mass is 10.1. The molecule has 0 spiro atoms. The monoisotopic (exact) mass is 376 g/mol. The molecule has 0 heterocycles. The van der Waals surface area contributed by atoms with Crippen LogP contribution in [0.25, 0.3) is 0 Å². The molecule has 0 aromatic heterocycles. The predicted octanol–water partition coefficient (Wildman–Crippen LogP) is 3.11. The van der Waals surface area contributed by atoms with Crippen molar-refractivity contribution >= 4 is 27.3 Å². The molecule has 0 saturated heterocycles. The second-order valence-electron chi connectivity index (χ2n) is 6.24. The van der Waals surface area contributed by atoms with E-state index in [0.717, 1.165) is 21.7 Å². The number of sulfonamides is 1. The molecule has 6 nitrogen and oxygen atoms in total. The van der Waals surface area contributed by atoms with Crippen molar-refractivity contribution in [3.05, 3.63) is 53.6 Å². The van der Waals surface area contributed by atoms with Gasteiger partial charge in [-0.2, -0.15) is 0 Å². The largest absolute Gasteiger partial charge is 0.497 e. The molecule has 26 heavy (non-hydrogen) atoms. The fraction of sp³-hybridized carbons (Fsp3) is 0.316. The molecule has 0 aliphatic rings. The smallest absolute Gasteiger partial charge is 0.248 e. The normalized spacial score (nSPS) is 12.3. The summed E-state index contributed by atoms with van der Waals surface area (Å²) in [5.41, 5.74) is 2.95. The summed E-state index contributed by atoms with van der Waals surface area (Å²) in [6.07, 6.45) is 1.08. The molecule has 0 aliphatic carbocycles. The maximum atomic E-state index is 12.7. The molecular formula is C19H24N2O4S. The molecule has 2 aromatic rings. The van der Waals surface area contributed by atoms with E-state index < -0.39 is 22.0 Å². The Morgan fingerprint density at radius 3 is 2.46 bits per heavy atom. The molecular weight excluding hydrogens is 352 g/mol. The molecule has 2 rings (SSSR count). The van der Waals surface area contributed by atoms with Gasteiger partial charge in [-0.1, -0.05) is 18.2 Å². The van der Waals surface area contributed by atoms with E-state index in [1.807, 2.05) is 32.0 Å². The average Bonchev–Trinajstić information content (AvgIpc) is 2.57. The van der Waals surface area contributed by atoms with Crippen LogP contribution in [-0.2, 0) is 14.8 Å². The molecule has 0 fully saturated rings. The summed E-state index contributed by atoms with van der Waals surface area (Å²) < 4.78 is 31.0. The van der Waals surface area contributed by atoms with E-state index in [0.29, 0.717) is 17.1 Å². The van der Waals surface area contributed by atoms with Crippen LogP contribution in [0.3, 0.4) is 0 Å². The molecule has 1 amide bonds. The van der Waals surface area contributed by atoms with Crippen molar-refractivity contribution in [1.82, 2.24) is 0 Å². The fourth-order valence-electron chi connectivity index (χ4n) is 2.66. The lowest BCUT2D eigenvalue weighted by Crippen LogP contribution is -2.45. The van der Waals surface area contributed by atoms with E-state index in [2.05, 4.69) is 5.32 Å². The number of methoxy groups -OCH3 is 1. The molecule has 1 atom stereocenters. The zero-order valence-electron chi connectivity index (χ0n) is 15.6. The number of ether oxygens (including phenoxy) is 1. The summed E-state index contributed by atoms with van der Waals surface area (Å²) in [4.78, 5) is 12.7. The first-order valence-electron chi connectivity index (χ1n) is 8.15. The van der Waals surface area contributed by atoms with Gasteiger partial charge in [0.05, 0.1) is 19.1 Å². The quantitative estimate of drug-likeness (QED) is 0.840. The van der Waals surface area contributed by atoms with Crippen molar-refractivity contribution in [3.63, 3.8) is 0 Å². The number of aryl methyl sites for hydroxylation is 2. The topological polar surface area (TPSA) is 75.7 Å². The Bertz CT molecular complexity index is 910. The van der Waals surface area contributed by atoms with Crippen molar-refractivity contribution in [1.29, 1.82) is 0 Å². The zero-order valence-corrected chi connectivity index (χ0v) is 16.4. The van der Waals surface area contributed by atoms with Crippen molar-refractivity contribution in [2.24, 2.45) is 0 Å². The molecule has 1 N–H and O–H groups in total. The summed E-state index contributed by atoms with van der Waals surface area (Å²) in [5.74, 6) is 0.102. The number of nitrogens with one attached hydrogen (secondary N) is 1. The first kappa shape index (κ1) is 19.8. The van der Waals surface area contributed by atoms with E-state index in [-0.39, 0.29) is 0 Å². The predicted molar refractivity (Wildman–Crippen MR) is 104 cm³/mol. The summed E-state index contributed by atoms with van der Waals surface area (Å²) in [6.45, 7) is 5.37. The van der Waals surface area contributed by atoms with Crippen LogP contribution in [0.2, 0.25) is 0 Å². The molecule has 0 saturated carbocycles. The van der Waals surface area contributed by atoms with Crippen LogP contribution < -0.4 is 14.4 Å². The number of hydrogen-bond donors (Lipinski definition) is 1. The number of nitrogens with zero attached hydrogens (tertiary/aromatic N) is 1. The van der Waals surface area contributed by atoms with E-state index in [9.17, 15) is 13.2 Å². The maximum absolute atomic E-state index is 12.7. The van der Waals surface area contributed by atoms with Crippen LogP contribution in [0.5, 0.6) is 5.75 Å². The van der Waals surface area contributed by atoms with Gasteiger partial charge in [-0.05, 0) is 50.1 Å². The van der Waals surface area contributed by atoms with Crippen LogP contribution in [0.1, 0.15) is 18.1 Å². The van der Waals surface area contributed by atoms with Crippen LogP contribution >= 0.6 is 0 Å². The van der Waals surface area contributed by atoms with Gasteiger partial charge in [-0.25, -0.2) is 8.42 Å². The molecule has 0 aliphatic heterocycles. The number of carbonyl (C=O) groups excluding carboxylic acids is 1. The van der Waals surface area contributed by atoms with Crippen molar-refractivity contribution in [3.8, 4) is 5.75 Å². The molecule has 7 heteroatoms. The highest BCUT2D eigenvalue weighted by Gasteiger charge is 2.29. The molecule has 0 unspecified atom stereocenters. The first-order chi connectivity index (χ1) is 12.1. The number of carbonyl (C=O) groups is 1. The zero-order chi connectivity index (χ0) is 19.5. The minimum absolute atomic E-state index is 0.371. The standard InChI is InChI=1S/C19H24N2O4S/c1-13-9-10-14(2)18(11-13)20-19(22)15(3)21(26(5,23)24)16-7-6-8-17(12-16)25-4/h6-12,15H,1-5H3,(H,20,22)/t15-/m1/s1. The molecule has 0 bridgehead atoms. The van der Waals surface area contributed by atoms with Gasteiger partial charge < -0.3 is 10.1 Å². The Morgan fingerprint density at radius 1 is 1.15 bits per heavy atom. The molecule has 0 radical (unpaired) electrons. The van der Waals surface area contributed by atoms with Crippen molar-refractivity contribution in [2.45, 2.75) is 26.8 Å². The summed E-state index contributed by atoms with van der Waals surface area (Å²) in [5, 5.41) is 2.83. The lowest BCUT2D eigenvalue weighted by molar-refractivity contribution is -0.116. The summed E-state index contributed by atoms with van der Waals surface area (Å²) >= 11 is 0. The van der Waals surface area contributed by atoms with Crippen LogP contribution in [0.4, 0.5) is 11.4 Å². The lowest BCUT2D eigenvalue weighted by Gasteiger charge is -2.28. The summed E-state index contributed by atoms with van der Waals surface area (Å²) in [7, 11) is -2.18. The van der Waals surface area contributed by atoms with E-state index >= 15 is 0 Å². The Morgan fingerprint density at radius 2 is 1.85 bits per heavy atom. The van der Waals surface area contributed by atoms with E-state index in [1.165, 1.54) is 7.11 Å². The van der Waals surface area contributed by atoms with E-state index in [4.69, 9.17) is 4.74 Å². The second kappa shape index (κ2) is 7.78. The van der Waals surface area contributed by atoms with Gasteiger partial charge in [0.2, 0.25) is 15.9 Å². The number of amides is 1. The Hall–Kier alpha value is -2.54. The van der Waals surface area contributed by atoms with Gasteiger partial charge in [0.1, 0.15) is 11.8 Å². The number of benzene rings is 2. The Kier molecular flexibility index (Phi) is 5.92. The first-order valence-corrected chi connectivity index (χ1v) is 10.00. The van der Waals surface area contributed by atoms with Gasteiger partial charge in [-0.3, -0.25) is 9.10 Å². The number of hydrogen-bond acceptors (Lipinski definition) is 4. The van der Waals surface area contributed by atoms with Gasteiger partial charge in [-0.15, -0.1) is 0 Å². The minimum Gasteiger partial charge on any atom is -0.497 e. The van der Waals surface area contributed by atoms with Crippen LogP contribution in [0, 0.1) is 13.8 Å². The van der Waals surface area contributed by atoms with Gasteiger partial charge in [0.25, 0.3) is 0 Å². The highest BCUT2D eigenvalue weighted by atomic mass is 32.2. The average molecular weight is 376 g/mol. The third kappa shape index (κ3) is 4.54. The van der Waals surface area contributed by atoms with Gasteiger partial charge in [0, 0.05) is 11.8 Å². The Balaban J connectivity index is 2.36. The highest BCUT2D eigenvalue weighted by Crippen LogP contribution is 2.26. The fourth-order valence-corrected chi connectivity index (χ4v) is 3.83. The number of rotatable bonds is 6. The SMILES string of the molecule is COc1cccc(N([C@H](C)C(=O)Nc2cc(C)ccc2C)S(C)(=O)=O)c1. The third-order valence-electron chi connectivity index (χ3n) is 4.05. The second-order valence-corrected chi connectivity index (χ2v) is 8.10. The van der Waals surface area contributed by atoms with Gasteiger partial charge in [0.15, 0.2) is 0 Å².